The molecule has 0 atom stereocenters. The summed E-state index contributed by atoms with van der Waals surface area (Å²) in [5.41, 5.74) is 3.62. The smallest absolute Gasteiger partial charge is 0.254 e. The van der Waals surface area contributed by atoms with E-state index in [0.717, 1.165) is 17.0 Å². The van der Waals surface area contributed by atoms with E-state index in [2.05, 4.69) is 4.98 Å². The predicted octanol–water partition coefficient (Wildman–Crippen LogP) is 1.76. The zero-order chi connectivity index (χ0) is 17.9. The van der Waals surface area contributed by atoms with E-state index in [1.807, 2.05) is 19.9 Å². The molecule has 1 aromatic carbocycles. The van der Waals surface area contributed by atoms with Crippen molar-refractivity contribution in [1.82, 2.24) is 9.88 Å². The third-order valence-electron chi connectivity index (χ3n) is 3.45. The first-order valence-electron chi connectivity index (χ1n) is 7.43. The van der Waals surface area contributed by atoms with Crippen molar-refractivity contribution in [3.05, 3.63) is 64.5 Å². The summed E-state index contributed by atoms with van der Waals surface area (Å²) in [4.78, 5) is 18.4. The van der Waals surface area contributed by atoms with Crippen LogP contribution in [0.15, 0.2) is 36.4 Å². The average molecular weight is 347 g/mol. The molecule has 7 heteroatoms. The summed E-state index contributed by atoms with van der Waals surface area (Å²) in [7, 11) is -1.87. The second kappa shape index (κ2) is 7.11. The number of carbonyl (C=O) groups is 1. The highest BCUT2D eigenvalue weighted by Gasteiger charge is 2.14. The molecule has 0 bridgehead atoms. The Morgan fingerprint density at radius 3 is 2.29 bits per heavy atom. The lowest BCUT2D eigenvalue weighted by Gasteiger charge is -2.18. The van der Waals surface area contributed by atoms with Crippen molar-refractivity contribution in [2.24, 2.45) is 5.14 Å². The highest BCUT2D eigenvalue weighted by molar-refractivity contribution is 7.88. The summed E-state index contributed by atoms with van der Waals surface area (Å²) < 4.78 is 22.4. The molecule has 0 radical (unpaired) electrons. The van der Waals surface area contributed by atoms with E-state index in [1.165, 1.54) is 0 Å². The number of rotatable bonds is 5. The number of primary sulfonamides is 1. The van der Waals surface area contributed by atoms with E-state index in [9.17, 15) is 13.2 Å². The van der Waals surface area contributed by atoms with Gasteiger partial charge in [0, 0.05) is 30.5 Å². The van der Waals surface area contributed by atoms with Gasteiger partial charge in [0.15, 0.2) is 0 Å². The van der Waals surface area contributed by atoms with Gasteiger partial charge < -0.3 is 4.90 Å². The zero-order valence-electron chi connectivity index (χ0n) is 14.0. The van der Waals surface area contributed by atoms with Crippen LogP contribution in [0.1, 0.15) is 32.9 Å². The molecule has 0 aliphatic rings. The molecular weight excluding hydrogens is 326 g/mol. The monoisotopic (exact) mass is 347 g/mol. The highest BCUT2D eigenvalue weighted by Crippen LogP contribution is 2.13. The number of sulfonamides is 1. The SMILES string of the molecule is Cc1cc(C(=O)N(C)Cc2cccc(CS(N)(=O)=O)c2)cc(C)n1. The van der Waals surface area contributed by atoms with Crippen LogP contribution in [0.25, 0.3) is 0 Å². The van der Waals surface area contributed by atoms with Gasteiger partial charge in [-0.1, -0.05) is 24.3 Å². The largest absolute Gasteiger partial charge is 0.337 e. The number of aryl methyl sites for hydroxylation is 2. The van der Waals surface area contributed by atoms with Crippen LogP contribution in [-0.2, 0) is 22.3 Å². The van der Waals surface area contributed by atoms with Crippen molar-refractivity contribution in [2.75, 3.05) is 7.05 Å². The predicted molar refractivity (Wildman–Crippen MR) is 92.8 cm³/mol. The van der Waals surface area contributed by atoms with Crippen LogP contribution in [0.5, 0.6) is 0 Å². The fourth-order valence-corrected chi connectivity index (χ4v) is 3.22. The number of amides is 1. The molecule has 2 rings (SSSR count). The number of hydrogen-bond donors (Lipinski definition) is 1. The summed E-state index contributed by atoms with van der Waals surface area (Å²) >= 11 is 0. The molecule has 0 saturated heterocycles. The van der Waals surface area contributed by atoms with Crippen molar-refractivity contribution in [3.8, 4) is 0 Å². The van der Waals surface area contributed by atoms with Gasteiger partial charge in [-0.25, -0.2) is 13.6 Å². The Hall–Kier alpha value is -2.25. The van der Waals surface area contributed by atoms with Crippen molar-refractivity contribution in [1.29, 1.82) is 0 Å². The van der Waals surface area contributed by atoms with E-state index >= 15 is 0 Å². The molecule has 0 unspecified atom stereocenters. The third kappa shape index (κ3) is 5.14. The molecule has 0 saturated carbocycles. The quantitative estimate of drug-likeness (QED) is 0.892. The molecule has 128 valence electrons. The minimum atomic E-state index is -3.58. The first kappa shape index (κ1) is 18.1. The molecule has 24 heavy (non-hydrogen) atoms. The number of nitrogens with zero attached hydrogens (tertiary/aromatic N) is 2. The van der Waals surface area contributed by atoms with Crippen LogP contribution >= 0.6 is 0 Å². The highest BCUT2D eigenvalue weighted by atomic mass is 32.2. The second-order valence-electron chi connectivity index (χ2n) is 5.93. The molecule has 1 heterocycles. The van der Waals surface area contributed by atoms with Gasteiger partial charge in [-0.15, -0.1) is 0 Å². The van der Waals surface area contributed by atoms with E-state index in [4.69, 9.17) is 5.14 Å². The van der Waals surface area contributed by atoms with Gasteiger partial charge in [0.1, 0.15) is 0 Å². The first-order chi connectivity index (χ1) is 11.1. The Morgan fingerprint density at radius 2 is 1.71 bits per heavy atom. The first-order valence-corrected chi connectivity index (χ1v) is 9.14. The van der Waals surface area contributed by atoms with Gasteiger partial charge in [-0.2, -0.15) is 0 Å². The number of nitrogens with two attached hydrogens (primary N) is 1. The maximum absolute atomic E-state index is 12.5. The molecule has 2 N–H and O–H groups in total. The molecule has 2 aromatic rings. The van der Waals surface area contributed by atoms with Gasteiger partial charge in [0.25, 0.3) is 5.91 Å². The number of benzene rings is 1. The van der Waals surface area contributed by atoms with Gasteiger partial charge in [0.2, 0.25) is 10.0 Å². The minimum absolute atomic E-state index is 0.111. The van der Waals surface area contributed by atoms with E-state index in [0.29, 0.717) is 17.7 Å². The number of pyridine rings is 1. The number of hydrogen-bond acceptors (Lipinski definition) is 4. The van der Waals surface area contributed by atoms with Crippen molar-refractivity contribution in [2.45, 2.75) is 26.1 Å². The van der Waals surface area contributed by atoms with Crippen molar-refractivity contribution < 1.29 is 13.2 Å². The Bertz CT molecular complexity index is 843. The molecule has 1 aromatic heterocycles. The van der Waals surface area contributed by atoms with Crippen molar-refractivity contribution in [3.63, 3.8) is 0 Å². The van der Waals surface area contributed by atoms with Gasteiger partial charge in [0.05, 0.1) is 5.75 Å². The molecule has 6 nitrogen and oxygen atoms in total. The summed E-state index contributed by atoms with van der Waals surface area (Å²) in [5, 5.41) is 5.07. The fraction of sp³-hybridized carbons (Fsp3) is 0.294. The average Bonchev–Trinajstić information content (AvgIpc) is 2.43. The lowest BCUT2D eigenvalue weighted by atomic mass is 10.1. The molecule has 0 aliphatic carbocycles. The van der Waals surface area contributed by atoms with Gasteiger partial charge in [-0.3, -0.25) is 9.78 Å². The molecule has 0 aliphatic heterocycles. The number of aromatic nitrogens is 1. The van der Waals surface area contributed by atoms with Crippen molar-refractivity contribution >= 4 is 15.9 Å². The molecular formula is C17H21N3O3S. The summed E-state index contributed by atoms with van der Waals surface area (Å²) in [6, 6.07) is 10.6. The Morgan fingerprint density at radius 1 is 1.12 bits per heavy atom. The van der Waals surface area contributed by atoms with Crippen LogP contribution in [0.3, 0.4) is 0 Å². The standard InChI is InChI=1S/C17H21N3O3S/c1-12-7-16(8-13(2)19-12)17(21)20(3)10-14-5-4-6-15(9-14)11-24(18,22)23/h4-9H,10-11H2,1-3H3,(H2,18,22,23). The third-order valence-corrected chi connectivity index (χ3v) is 4.19. The van der Waals surface area contributed by atoms with Crippen LogP contribution < -0.4 is 5.14 Å². The van der Waals surface area contributed by atoms with Gasteiger partial charge in [-0.05, 0) is 37.1 Å². The van der Waals surface area contributed by atoms with E-state index in [-0.39, 0.29) is 11.7 Å². The normalized spacial score (nSPS) is 11.3. The van der Waals surface area contributed by atoms with E-state index < -0.39 is 10.0 Å². The molecule has 1 amide bonds. The Balaban J connectivity index is 2.15. The van der Waals surface area contributed by atoms with Crippen LogP contribution in [0.4, 0.5) is 0 Å². The minimum Gasteiger partial charge on any atom is -0.337 e. The summed E-state index contributed by atoms with van der Waals surface area (Å²) in [5.74, 6) is -0.332. The topological polar surface area (TPSA) is 93.4 Å². The number of carbonyl (C=O) groups excluding carboxylic acids is 1. The lowest BCUT2D eigenvalue weighted by molar-refractivity contribution is 0.0784. The Labute approximate surface area is 142 Å². The molecule has 0 spiro atoms. The second-order valence-corrected chi connectivity index (χ2v) is 7.54. The van der Waals surface area contributed by atoms with Crippen LogP contribution in [-0.4, -0.2) is 31.3 Å². The zero-order valence-corrected chi connectivity index (χ0v) is 14.8. The van der Waals surface area contributed by atoms with Crippen LogP contribution in [0, 0.1) is 13.8 Å². The molecule has 0 fully saturated rings. The van der Waals surface area contributed by atoms with E-state index in [1.54, 1.807) is 42.3 Å². The maximum atomic E-state index is 12.5. The Kier molecular flexibility index (Phi) is 5.36. The lowest BCUT2D eigenvalue weighted by Crippen LogP contribution is -2.26. The van der Waals surface area contributed by atoms with Crippen LogP contribution in [0.2, 0.25) is 0 Å². The maximum Gasteiger partial charge on any atom is 0.254 e. The summed E-state index contributed by atoms with van der Waals surface area (Å²) in [6.07, 6.45) is 0. The van der Waals surface area contributed by atoms with Gasteiger partial charge >= 0.3 is 0 Å². The summed E-state index contributed by atoms with van der Waals surface area (Å²) in [6.45, 7) is 4.07. The fourth-order valence-electron chi connectivity index (χ4n) is 2.57.